The Balaban J connectivity index is 0.00000864. The van der Waals surface area contributed by atoms with E-state index in [1.54, 1.807) is 24.3 Å². The van der Waals surface area contributed by atoms with Gasteiger partial charge in [-0.3, -0.25) is 18.7 Å². The summed E-state index contributed by atoms with van der Waals surface area (Å²) in [6.45, 7) is 10.1. The highest BCUT2D eigenvalue weighted by Crippen LogP contribution is 2.52. The molecule has 0 fully saturated rings. The van der Waals surface area contributed by atoms with Gasteiger partial charge in [0.25, 0.3) is 20.2 Å². The van der Waals surface area contributed by atoms with Crippen molar-refractivity contribution in [2.24, 2.45) is 0 Å². The SMILES string of the molecule is CC1(C)C(/C=C/C=C2\N(CCCCCCCCCCC(=O)O)c3ccc4c(S(=O)(=O)O)cccc4c3C2(C)C)=[N+](CCCCCCCCCCC(=O)O)c2ccc3c(S(=O)(=O)O)cccc3c21.[Br-]. The van der Waals surface area contributed by atoms with Gasteiger partial charge >= 0.3 is 11.9 Å². The molecule has 6 rings (SSSR count). The van der Waals surface area contributed by atoms with E-state index in [-0.39, 0.29) is 39.6 Å². The molecule has 4 aromatic carbocycles. The van der Waals surface area contributed by atoms with Crippen LogP contribution in [0.5, 0.6) is 0 Å². The van der Waals surface area contributed by atoms with E-state index in [0.717, 1.165) is 148 Å². The summed E-state index contributed by atoms with van der Waals surface area (Å²) < 4.78 is 72.9. The largest absolute Gasteiger partial charge is 1.00 e. The molecule has 0 atom stereocenters. The van der Waals surface area contributed by atoms with E-state index in [1.165, 1.54) is 12.1 Å². The average Bonchev–Trinajstić information content (AvgIpc) is 3.61. The minimum Gasteiger partial charge on any atom is -1.00 e. The Labute approximate surface area is 413 Å². The number of halogens is 1. The van der Waals surface area contributed by atoms with Gasteiger partial charge in [0.15, 0.2) is 5.71 Å². The van der Waals surface area contributed by atoms with E-state index < -0.39 is 43.0 Å². The molecule has 0 amide bonds. The first-order valence-corrected chi connectivity index (χ1v) is 27.0. The third-order valence-corrected chi connectivity index (χ3v) is 15.6. The van der Waals surface area contributed by atoms with Crippen molar-refractivity contribution in [2.45, 2.75) is 164 Å². The van der Waals surface area contributed by atoms with Crippen LogP contribution in [0.2, 0.25) is 0 Å². The number of hydrogen-bond donors (Lipinski definition) is 4. The maximum atomic E-state index is 12.5. The zero-order valence-corrected chi connectivity index (χ0v) is 43.2. The quantitative estimate of drug-likeness (QED) is 0.0267. The van der Waals surface area contributed by atoms with Crippen molar-refractivity contribution in [2.75, 3.05) is 18.0 Å². The summed E-state index contributed by atoms with van der Waals surface area (Å²) in [5, 5.41) is 20.3. The molecule has 0 saturated heterocycles. The van der Waals surface area contributed by atoms with Gasteiger partial charge in [0, 0.05) is 71.1 Å². The lowest BCUT2D eigenvalue weighted by atomic mass is 9.79. The number of hydrogen-bond acceptors (Lipinski definition) is 7. The molecule has 2 heterocycles. The fourth-order valence-electron chi connectivity index (χ4n) is 10.6. The minimum atomic E-state index is -4.48. The predicted molar refractivity (Wildman–Crippen MR) is 266 cm³/mol. The third-order valence-electron chi connectivity index (χ3n) is 13.8. The van der Waals surface area contributed by atoms with Crippen molar-refractivity contribution in [1.82, 2.24) is 0 Å². The summed E-state index contributed by atoms with van der Waals surface area (Å²) in [6, 6.07) is 17.6. The van der Waals surface area contributed by atoms with Crippen molar-refractivity contribution < 1.29 is 67.3 Å². The van der Waals surface area contributed by atoms with E-state index >= 15 is 0 Å². The second-order valence-corrected chi connectivity index (χ2v) is 22.1. The molecule has 0 aliphatic carbocycles. The third kappa shape index (κ3) is 12.7. The Morgan fingerprint density at radius 1 is 0.574 bits per heavy atom. The van der Waals surface area contributed by atoms with Gasteiger partial charge in [-0.05, 0) is 86.2 Å². The summed E-state index contributed by atoms with van der Waals surface area (Å²) in [4.78, 5) is 23.8. The lowest BCUT2D eigenvalue weighted by Crippen LogP contribution is -3.00. The summed E-state index contributed by atoms with van der Waals surface area (Å²) in [5.74, 6) is -1.50. The number of anilines is 1. The highest BCUT2D eigenvalue weighted by Gasteiger charge is 2.46. The smallest absolute Gasteiger partial charge is 0.303 e. The van der Waals surface area contributed by atoms with Crippen LogP contribution in [0.3, 0.4) is 0 Å². The number of carboxylic acid groups (broad SMARTS) is 2. The van der Waals surface area contributed by atoms with Crippen LogP contribution in [-0.2, 0) is 40.7 Å². The summed E-state index contributed by atoms with van der Waals surface area (Å²) in [7, 11) is -8.96. The Kier molecular flexibility index (Phi) is 18.8. The highest BCUT2D eigenvalue weighted by molar-refractivity contribution is 7.86. The van der Waals surface area contributed by atoms with Gasteiger partial charge in [0.05, 0.1) is 5.41 Å². The number of nitrogens with zero attached hydrogens (tertiary/aromatic N) is 2. The van der Waals surface area contributed by atoms with Crippen LogP contribution in [0.25, 0.3) is 21.5 Å². The standard InChI is InChI=1S/C53H68N2O10S2.BrH/c1-52(2)46(54(36-19-15-11-7-5-9-13-17-30-48(56)57)42-34-32-38-40(50(42)52)24-21-26-44(38)66(60,61)62)28-23-29-47-53(3,4)51-41-25-22-27-45(67(63,64)65)39(41)33-35-43(51)55(47)37-20-16-12-8-6-10-14-18-31-49(58)59;/h21-29,32-35H,5-20,30-31,36-37H2,1-4H3,(H3-,56,57,58,59,60,61,62,63,64,65);1H. The van der Waals surface area contributed by atoms with Crippen LogP contribution >= 0.6 is 0 Å². The number of unbranched alkanes of at least 4 members (excludes halogenated alkanes) is 14. The van der Waals surface area contributed by atoms with Crippen LogP contribution in [0.15, 0.2) is 94.4 Å². The number of carboxylic acids is 2. The van der Waals surface area contributed by atoms with E-state index in [4.69, 9.17) is 10.2 Å². The number of fused-ring (bicyclic) bond motifs is 6. The number of allylic oxidation sites excluding steroid dienone is 4. The second-order valence-electron chi connectivity index (χ2n) is 19.4. The van der Waals surface area contributed by atoms with Crippen LogP contribution in [-0.4, -0.2) is 71.5 Å². The lowest BCUT2D eigenvalue weighted by molar-refractivity contribution is -0.438. The summed E-state index contributed by atoms with van der Waals surface area (Å²) in [5.41, 5.74) is 4.93. The van der Waals surface area contributed by atoms with Crippen molar-refractivity contribution in [3.8, 4) is 0 Å². The molecule has 0 bridgehead atoms. The van der Waals surface area contributed by atoms with Crippen LogP contribution < -0.4 is 21.9 Å². The van der Waals surface area contributed by atoms with Crippen LogP contribution in [0.4, 0.5) is 11.4 Å². The highest BCUT2D eigenvalue weighted by atomic mass is 79.9. The van der Waals surface area contributed by atoms with E-state index in [9.17, 15) is 35.5 Å². The van der Waals surface area contributed by atoms with Gasteiger partial charge in [-0.15, -0.1) is 0 Å². The molecule has 2 aliphatic rings. The van der Waals surface area contributed by atoms with Gasteiger partial charge in [0.2, 0.25) is 5.69 Å². The van der Waals surface area contributed by atoms with E-state index in [2.05, 4.69) is 55.4 Å². The van der Waals surface area contributed by atoms with Crippen molar-refractivity contribution in [3.05, 3.63) is 95.7 Å². The number of aliphatic carboxylic acids is 2. The van der Waals surface area contributed by atoms with Gasteiger partial charge in [-0.2, -0.15) is 21.4 Å². The lowest BCUT2D eigenvalue weighted by Gasteiger charge is -2.27. The summed E-state index contributed by atoms with van der Waals surface area (Å²) in [6.07, 6.45) is 22.5. The topological polar surface area (TPSA) is 190 Å². The zero-order valence-electron chi connectivity index (χ0n) is 40.0. The predicted octanol–water partition coefficient (Wildman–Crippen LogP) is 9.30. The van der Waals surface area contributed by atoms with Crippen LogP contribution in [0.1, 0.15) is 154 Å². The maximum Gasteiger partial charge on any atom is 0.303 e. The Morgan fingerprint density at radius 2 is 1.03 bits per heavy atom. The molecule has 0 spiro atoms. The number of rotatable bonds is 26. The zero-order chi connectivity index (χ0) is 48.6. The number of benzene rings is 4. The van der Waals surface area contributed by atoms with E-state index in [0.29, 0.717) is 23.6 Å². The molecule has 2 aliphatic heterocycles. The molecular formula is C53H69BrN2O10S2. The molecule has 4 N–H and O–H groups in total. The Hall–Kier alpha value is -4.41. The van der Waals surface area contributed by atoms with Gasteiger partial charge in [0.1, 0.15) is 16.3 Å². The molecule has 12 nitrogen and oxygen atoms in total. The number of carbonyl (C=O) groups is 2. The molecule has 68 heavy (non-hydrogen) atoms. The monoisotopic (exact) mass is 1040 g/mol. The van der Waals surface area contributed by atoms with Crippen molar-refractivity contribution in [3.63, 3.8) is 0 Å². The molecule has 0 unspecified atom stereocenters. The van der Waals surface area contributed by atoms with Gasteiger partial charge in [-0.25, -0.2) is 0 Å². The average molecular weight is 1040 g/mol. The first kappa shape index (κ1) is 54.5. The Morgan fingerprint density at radius 3 is 1.53 bits per heavy atom. The molecule has 0 aromatic heterocycles. The fourth-order valence-corrected chi connectivity index (χ4v) is 12.0. The van der Waals surface area contributed by atoms with Crippen molar-refractivity contribution >= 4 is 70.8 Å². The molecule has 0 saturated carbocycles. The molecule has 15 heteroatoms. The normalized spacial score (nSPS) is 16.0. The van der Waals surface area contributed by atoms with Crippen LogP contribution in [0, 0.1) is 0 Å². The first-order chi connectivity index (χ1) is 31.8. The van der Waals surface area contributed by atoms with Crippen molar-refractivity contribution in [1.29, 1.82) is 0 Å². The van der Waals surface area contributed by atoms with E-state index in [1.807, 2.05) is 24.3 Å². The second kappa shape index (κ2) is 23.5. The first-order valence-electron chi connectivity index (χ1n) is 24.1. The summed E-state index contributed by atoms with van der Waals surface area (Å²) >= 11 is 0. The van der Waals surface area contributed by atoms with Gasteiger partial charge in [-0.1, -0.05) is 121 Å². The molecule has 0 radical (unpaired) electrons. The molecule has 4 aromatic rings. The molecule has 370 valence electrons. The molecular weight excluding hydrogens is 969 g/mol. The fraction of sp³-hybridized carbons (Fsp3) is 0.491. The van der Waals surface area contributed by atoms with Gasteiger partial charge < -0.3 is 32.1 Å². The Bertz CT molecular complexity index is 2800. The maximum absolute atomic E-state index is 12.5. The minimum absolute atomic E-state index is 0.